The molecule has 1 aromatic rings. The lowest BCUT2D eigenvalue weighted by atomic mass is 10.0. The van der Waals surface area contributed by atoms with E-state index in [2.05, 4.69) is 0 Å². The molecule has 0 aliphatic rings. The van der Waals surface area contributed by atoms with Gasteiger partial charge in [0.15, 0.2) is 0 Å². The second kappa shape index (κ2) is 4.66. The molecule has 4 heteroatoms. The highest BCUT2D eigenvalue weighted by Gasteiger charge is 2.29. The summed E-state index contributed by atoms with van der Waals surface area (Å²) in [6.07, 6.45) is -3.54. The van der Waals surface area contributed by atoms with Gasteiger partial charge in [0.2, 0.25) is 0 Å². The van der Waals surface area contributed by atoms with E-state index in [1.165, 1.54) is 12.1 Å². The smallest absolute Gasteiger partial charge is 0.330 e. The van der Waals surface area contributed by atoms with Gasteiger partial charge in [0.05, 0.1) is 5.56 Å². The Bertz CT molecular complexity index is 303. The molecule has 0 spiro atoms. The van der Waals surface area contributed by atoms with E-state index in [0.29, 0.717) is 18.9 Å². The standard InChI is InChI=1S/C11H14F3N/c1-8(7-15)6-9-2-4-10(5-3-9)11(12,13)14/h2-5,8H,6-7,15H2,1H3/t8-/m1/s1. The van der Waals surface area contributed by atoms with Gasteiger partial charge in [-0.25, -0.2) is 0 Å². The Morgan fingerprint density at radius 1 is 1.20 bits per heavy atom. The maximum atomic E-state index is 12.2. The first kappa shape index (κ1) is 12.0. The number of rotatable bonds is 3. The highest BCUT2D eigenvalue weighted by molar-refractivity contribution is 5.24. The SMILES string of the molecule is C[C@@H](CN)Cc1ccc(C(F)(F)F)cc1. The normalized spacial score (nSPS) is 13.9. The molecule has 0 aliphatic heterocycles. The Balaban J connectivity index is 2.73. The number of hydrogen-bond acceptors (Lipinski definition) is 1. The van der Waals surface area contributed by atoms with Gasteiger partial charge >= 0.3 is 6.18 Å². The van der Waals surface area contributed by atoms with Crippen LogP contribution in [0.25, 0.3) is 0 Å². The Labute approximate surface area is 87.1 Å². The molecule has 0 saturated heterocycles. The van der Waals surface area contributed by atoms with Gasteiger partial charge in [-0.15, -0.1) is 0 Å². The minimum absolute atomic E-state index is 0.293. The lowest BCUT2D eigenvalue weighted by Gasteiger charge is -2.10. The second-order valence-corrected chi connectivity index (χ2v) is 3.74. The Morgan fingerprint density at radius 3 is 2.13 bits per heavy atom. The quantitative estimate of drug-likeness (QED) is 0.827. The number of benzene rings is 1. The van der Waals surface area contributed by atoms with Gasteiger partial charge in [-0.3, -0.25) is 0 Å². The van der Waals surface area contributed by atoms with Crippen molar-refractivity contribution in [3.8, 4) is 0 Å². The summed E-state index contributed by atoms with van der Waals surface area (Å²) in [5.41, 5.74) is 5.72. The lowest BCUT2D eigenvalue weighted by Crippen LogP contribution is -2.13. The number of hydrogen-bond donors (Lipinski definition) is 1. The van der Waals surface area contributed by atoms with Crippen LogP contribution in [-0.4, -0.2) is 6.54 Å². The maximum absolute atomic E-state index is 12.2. The minimum atomic E-state index is -4.25. The lowest BCUT2D eigenvalue weighted by molar-refractivity contribution is -0.137. The van der Waals surface area contributed by atoms with E-state index in [-0.39, 0.29) is 0 Å². The summed E-state index contributed by atoms with van der Waals surface area (Å²) in [5, 5.41) is 0. The monoisotopic (exact) mass is 217 g/mol. The molecule has 84 valence electrons. The predicted molar refractivity (Wildman–Crippen MR) is 53.4 cm³/mol. The molecule has 0 aliphatic carbocycles. The largest absolute Gasteiger partial charge is 0.416 e. The van der Waals surface area contributed by atoms with E-state index in [1.54, 1.807) is 0 Å². The third-order valence-electron chi connectivity index (χ3n) is 2.27. The zero-order chi connectivity index (χ0) is 11.5. The average Bonchev–Trinajstić information content (AvgIpc) is 2.17. The van der Waals surface area contributed by atoms with E-state index in [0.717, 1.165) is 17.7 Å². The fourth-order valence-electron chi connectivity index (χ4n) is 1.32. The first-order valence-corrected chi connectivity index (χ1v) is 4.79. The van der Waals surface area contributed by atoms with Crippen molar-refractivity contribution in [2.45, 2.75) is 19.5 Å². The molecule has 2 N–H and O–H groups in total. The molecule has 0 radical (unpaired) electrons. The van der Waals surface area contributed by atoms with Crippen LogP contribution in [0.2, 0.25) is 0 Å². The van der Waals surface area contributed by atoms with Crippen LogP contribution in [0, 0.1) is 5.92 Å². The van der Waals surface area contributed by atoms with Gasteiger partial charge in [-0.2, -0.15) is 13.2 Å². The number of nitrogens with two attached hydrogens (primary N) is 1. The summed E-state index contributed by atoms with van der Waals surface area (Å²) >= 11 is 0. The molecule has 15 heavy (non-hydrogen) atoms. The molecule has 1 rings (SSSR count). The first-order chi connectivity index (χ1) is 6.93. The van der Waals surface area contributed by atoms with E-state index < -0.39 is 11.7 Å². The maximum Gasteiger partial charge on any atom is 0.416 e. The fourth-order valence-corrected chi connectivity index (χ4v) is 1.32. The van der Waals surface area contributed by atoms with Gasteiger partial charge in [-0.05, 0) is 36.6 Å². The number of alkyl halides is 3. The van der Waals surface area contributed by atoms with Crippen molar-refractivity contribution in [1.29, 1.82) is 0 Å². The van der Waals surface area contributed by atoms with E-state index in [4.69, 9.17) is 5.73 Å². The first-order valence-electron chi connectivity index (χ1n) is 4.79. The van der Waals surface area contributed by atoms with Crippen LogP contribution in [0.1, 0.15) is 18.1 Å². The topological polar surface area (TPSA) is 26.0 Å². The van der Waals surface area contributed by atoms with Gasteiger partial charge < -0.3 is 5.73 Å². The summed E-state index contributed by atoms with van der Waals surface area (Å²) in [4.78, 5) is 0. The van der Waals surface area contributed by atoms with E-state index in [9.17, 15) is 13.2 Å². The summed E-state index contributed by atoms with van der Waals surface area (Å²) < 4.78 is 36.7. The summed E-state index contributed by atoms with van der Waals surface area (Å²) in [5.74, 6) is 0.293. The molecule has 1 nitrogen and oxygen atoms in total. The van der Waals surface area contributed by atoms with Crippen LogP contribution in [0.15, 0.2) is 24.3 Å². The molecule has 0 unspecified atom stereocenters. The molecular weight excluding hydrogens is 203 g/mol. The van der Waals surface area contributed by atoms with Crippen molar-refractivity contribution in [2.24, 2.45) is 11.7 Å². The highest BCUT2D eigenvalue weighted by Crippen LogP contribution is 2.29. The molecule has 0 saturated carbocycles. The average molecular weight is 217 g/mol. The van der Waals surface area contributed by atoms with Gasteiger partial charge in [-0.1, -0.05) is 19.1 Å². The van der Waals surface area contributed by atoms with Crippen LogP contribution in [0.5, 0.6) is 0 Å². The van der Waals surface area contributed by atoms with E-state index >= 15 is 0 Å². The van der Waals surface area contributed by atoms with Crippen LogP contribution >= 0.6 is 0 Å². The minimum Gasteiger partial charge on any atom is -0.330 e. The third kappa shape index (κ3) is 3.55. The summed E-state index contributed by atoms with van der Waals surface area (Å²) in [7, 11) is 0. The second-order valence-electron chi connectivity index (χ2n) is 3.74. The Morgan fingerprint density at radius 2 is 1.73 bits per heavy atom. The van der Waals surface area contributed by atoms with Crippen molar-refractivity contribution >= 4 is 0 Å². The molecular formula is C11H14F3N. The van der Waals surface area contributed by atoms with Crippen molar-refractivity contribution in [3.05, 3.63) is 35.4 Å². The molecule has 0 fully saturated rings. The molecule has 1 aromatic carbocycles. The zero-order valence-electron chi connectivity index (χ0n) is 8.51. The van der Waals surface area contributed by atoms with E-state index in [1.807, 2.05) is 6.92 Å². The summed E-state index contributed by atoms with van der Waals surface area (Å²) in [6.45, 7) is 2.51. The molecule has 1 atom stereocenters. The van der Waals surface area contributed by atoms with Crippen LogP contribution in [0.3, 0.4) is 0 Å². The Hall–Kier alpha value is -1.03. The van der Waals surface area contributed by atoms with Crippen LogP contribution < -0.4 is 5.73 Å². The molecule has 0 amide bonds. The van der Waals surface area contributed by atoms with Crippen molar-refractivity contribution in [1.82, 2.24) is 0 Å². The predicted octanol–water partition coefficient (Wildman–Crippen LogP) is 2.84. The highest BCUT2D eigenvalue weighted by atomic mass is 19.4. The van der Waals surface area contributed by atoms with Gasteiger partial charge in [0, 0.05) is 0 Å². The third-order valence-corrected chi connectivity index (χ3v) is 2.27. The molecule has 0 bridgehead atoms. The molecule has 0 aromatic heterocycles. The molecule has 0 heterocycles. The summed E-state index contributed by atoms with van der Waals surface area (Å²) in [6, 6.07) is 5.24. The Kier molecular flexibility index (Phi) is 3.74. The van der Waals surface area contributed by atoms with Crippen LogP contribution in [0.4, 0.5) is 13.2 Å². The zero-order valence-corrected chi connectivity index (χ0v) is 8.51. The fraction of sp³-hybridized carbons (Fsp3) is 0.455. The van der Waals surface area contributed by atoms with Crippen molar-refractivity contribution < 1.29 is 13.2 Å². The van der Waals surface area contributed by atoms with Gasteiger partial charge in [0.25, 0.3) is 0 Å². The van der Waals surface area contributed by atoms with Gasteiger partial charge in [0.1, 0.15) is 0 Å². The van der Waals surface area contributed by atoms with Crippen molar-refractivity contribution in [3.63, 3.8) is 0 Å². The van der Waals surface area contributed by atoms with Crippen LogP contribution in [-0.2, 0) is 12.6 Å². The number of halogens is 3. The van der Waals surface area contributed by atoms with Crippen molar-refractivity contribution in [2.75, 3.05) is 6.54 Å².